The molecule has 1 amide bonds. The van der Waals surface area contributed by atoms with Crippen molar-refractivity contribution in [1.29, 1.82) is 0 Å². The summed E-state index contributed by atoms with van der Waals surface area (Å²) in [5.41, 5.74) is 7.24. The Kier molecular flexibility index (Phi) is 4.61. The van der Waals surface area contributed by atoms with Gasteiger partial charge in [0.2, 0.25) is 0 Å². The van der Waals surface area contributed by atoms with E-state index in [2.05, 4.69) is 4.98 Å². The number of aromatic nitrogens is 1. The Morgan fingerprint density at radius 2 is 2.11 bits per heavy atom. The molecule has 2 atom stereocenters. The van der Waals surface area contributed by atoms with E-state index in [-0.39, 0.29) is 23.7 Å². The molecule has 2 aromatic rings. The quantitative estimate of drug-likeness (QED) is 0.837. The average molecular weight is 400 g/mol. The van der Waals surface area contributed by atoms with Crippen LogP contribution in [0, 0.1) is 0 Å². The van der Waals surface area contributed by atoms with E-state index in [0.717, 1.165) is 55.0 Å². The van der Waals surface area contributed by atoms with Crippen molar-refractivity contribution < 1.29 is 14.3 Å². The van der Waals surface area contributed by atoms with Crippen LogP contribution in [0.4, 0.5) is 0 Å². The number of nitrogens with zero attached hydrogens (tertiary/aromatic N) is 2. The summed E-state index contributed by atoms with van der Waals surface area (Å²) in [5, 5.41) is 0.924. The molecule has 2 unspecified atom stereocenters. The summed E-state index contributed by atoms with van der Waals surface area (Å²) in [6.07, 6.45) is 6.23. The van der Waals surface area contributed by atoms with E-state index in [1.807, 2.05) is 29.2 Å². The van der Waals surface area contributed by atoms with Crippen molar-refractivity contribution >= 4 is 17.2 Å². The molecule has 2 saturated heterocycles. The Morgan fingerprint density at radius 3 is 2.89 bits per heavy atom. The first-order chi connectivity index (χ1) is 13.6. The van der Waals surface area contributed by atoms with E-state index in [0.29, 0.717) is 18.0 Å². The fourth-order valence-electron chi connectivity index (χ4n) is 4.55. The van der Waals surface area contributed by atoms with Gasteiger partial charge in [0.25, 0.3) is 5.91 Å². The van der Waals surface area contributed by atoms with E-state index >= 15 is 0 Å². The number of rotatable bonds is 2. The molecule has 4 heterocycles. The second-order valence-corrected chi connectivity index (χ2v) is 9.05. The van der Waals surface area contributed by atoms with Crippen LogP contribution in [0.3, 0.4) is 0 Å². The van der Waals surface area contributed by atoms with Gasteiger partial charge in [-0.2, -0.15) is 0 Å². The SMILES string of the molecule is NC1CC2(CCN(C(=O)c3cnc(C4CCCO4)s3)CC2)Oc2ccccc21. The first-order valence-corrected chi connectivity index (χ1v) is 10.9. The molecule has 2 fully saturated rings. The molecule has 3 aliphatic heterocycles. The summed E-state index contributed by atoms with van der Waals surface area (Å²) >= 11 is 1.47. The van der Waals surface area contributed by atoms with Crippen molar-refractivity contribution in [1.82, 2.24) is 9.88 Å². The zero-order chi connectivity index (χ0) is 19.1. The van der Waals surface area contributed by atoms with Crippen molar-refractivity contribution in [3.8, 4) is 5.75 Å². The lowest BCUT2D eigenvalue weighted by Crippen LogP contribution is -2.52. The van der Waals surface area contributed by atoms with Gasteiger partial charge in [-0.15, -0.1) is 11.3 Å². The van der Waals surface area contributed by atoms with E-state index in [4.69, 9.17) is 15.2 Å². The minimum Gasteiger partial charge on any atom is -0.487 e. The largest absolute Gasteiger partial charge is 0.487 e. The van der Waals surface area contributed by atoms with E-state index < -0.39 is 0 Å². The van der Waals surface area contributed by atoms with Crippen LogP contribution in [0.5, 0.6) is 5.75 Å². The third-order valence-corrected chi connectivity index (χ3v) is 7.22. The van der Waals surface area contributed by atoms with Gasteiger partial charge in [0.05, 0.1) is 6.20 Å². The van der Waals surface area contributed by atoms with Gasteiger partial charge < -0.3 is 20.1 Å². The zero-order valence-corrected chi connectivity index (χ0v) is 16.6. The molecule has 1 spiro atoms. The minimum atomic E-state index is -0.263. The number of likely N-dealkylation sites (tertiary alicyclic amines) is 1. The number of piperidine rings is 1. The highest BCUT2D eigenvalue weighted by atomic mass is 32.1. The lowest BCUT2D eigenvalue weighted by Gasteiger charge is -2.46. The van der Waals surface area contributed by atoms with Gasteiger partial charge in [-0.05, 0) is 18.9 Å². The molecule has 7 heteroatoms. The molecule has 1 aromatic heterocycles. The van der Waals surface area contributed by atoms with Crippen LogP contribution < -0.4 is 10.5 Å². The second-order valence-electron chi connectivity index (χ2n) is 7.99. The highest BCUT2D eigenvalue weighted by Crippen LogP contribution is 2.43. The number of ether oxygens (including phenoxy) is 2. The molecule has 6 nitrogen and oxygen atoms in total. The Hall–Kier alpha value is -1.96. The Bertz CT molecular complexity index is 869. The lowest BCUT2D eigenvalue weighted by molar-refractivity contribution is -0.0173. The summed E-state index contributed by atoms with van der Waals surface area (Å²) in [6, 6.07) is 8.01. The molecule has 3 aliphatic rings. The normalized spacial score (nSPS) is 26.1. The van der Waals surface area contributed by atoms with E-state index in [1.165, 1.54) is 11.3 Å². The monoisotopic (exact) mass is 399 g/mol. The number of carbonyl (C=O) groups excluding carboxylic acids is 1. The number of carbonyl (C=O) groups is 1. The van der Waals surface area contributed by atoms with Crippen LogP contribution in [-0.4, -0.2) is 41.1 Å². The maximum absolute atomic E-state index is 13.0. The zero-order valence-electron chi connectivity index (χ0n) is 15.8. The predicted molar refractivity (Wildman–Crippen MR) is 107 cm³/mol. The molecule has 148 valence electrons. The fourth-order valence-corrected chi connectivity index (χ4v) is 5.52. The van der Waals surface area contributed by atoms with Gasteiger partial charge in [0, 0.05) is 50.6 Å². The minimum absolute atomic E-state index is 0.0114. The van der Waals surface area contributed by atoms with Crippen molar-refractivity contribution in [2.75, 3.05) is 19.7 Å². The first-order valence-electron chi connectivity index (χ1n) is 10.0. The van der Waals surface area contributed by atoms with Crippen LogP contribution in [0.25, 0.3) is 0 Å². The molecule has 0 radical (unpaired) electrons. The van der Waals surface area contributed by atoms with Gasteiger partial charge in [-0.25, -0.2) is 4.98 Å². The highest BCUT2D eigenvalue weighted by Gasteiger charge is 2.43. The van der Waals surface area contributed by atoms with Crippen LogP contribution in [0.2, 0.25) is 0 Å². The molecule has 1 aromatic carbocycles. The Morgan fingerprint density at radius 1 is 1.29 bits per heavy atom. The summed E-state index contributed by atoms with van der Waals surface area (Å²) in [6.45, 7) is 2.15. The van der Waals surface area contributed by atoms with E-state index in [1.54, 1.807) is 6.20 Å². The number of thiazole rings is 1. The molecular formula is C21H25N3O3S. The lowest BCUT2D eigenvalue weighted by atomic mass is 9.81. The third-order valence-electron chi connectivity index (χ3n) is 6.14. The average Bonchev–Trinajstić information content (AvgIpc) is 3.40. The maximum atomic E-state index is 13.0. The number of fused-ring (bicyclic) bond motifs is 1. The number of para-hydroxylation sites is 1. The molecule has 28 heavy (non-hydrogen) atoms. The number of nitrogens with two attached hydrogens (primary N) is 1. The molecule has 0 saturated carbocycles. The van der Waals surface area contributed by atoms with Gasteiger partial charge >= 0.3 is 0 Å². The molecule has 0 bridgehead atoms. The topological polar surface area (TPSA) is 77.7 Å². The van der Waals surface area contributed by atoms with Gasteiger partial charge in [-0.3, -0.25) is 4.79 Å². The van der Waals surface area contributed by atoms with Crippen LogP contribution in [-0.2, 0) is 4.74 Å². The van der Waals surface area contributed by atoms with Crippen LogP contribution in [0.1, 0.15) is 64.5 Å². The first kappa shape index (κ1) is 18.1. The highest BCUT2D eigenvalue weighted by molar-refractivity contribution is 7.13. The van der Waals surface area contributed by atoms with Crippen molar-refractivity contribution in [2.24, 2.45) is 5.73 Å². The smallest absolute Gasteiger partial charge is 0.265 e. The van der Waals surface area contributed by atoms with Crippen molar-refractivity contribution in [3.05, 3.63) is 45.9 Å². The standard InChI is InChI=1S/C21H25N3O3S/c22-15-12-21(27-16-5-2-1-4-14(15)16)7-9-24(10-8-21)20(25)18-13-23-19(28-18)17-6-3-11-26-17/h1-2,4-5,13,15,17H,3,6-12,22H2. The number of amides is 1. The number of benzene rings is 1. The second kappa shape index (κ2) is 7.13. The summed E-state index contributed by atoms with van der Waals surface area (Å²) in [4.78, 5) is 20.0. The molecule has 0 aliphatic carbocycles. The predicted octanol–water partition coefficient (Wildman–Crippen LogP) is 3.45. The number of hydrogen-bond acceptors (Lipinski definition) is 6. The fraction of sp³-hybridized carbons (Fsp3) is 0.524. The van der Waals surface area contributed by atoms with Crippen molar-refractivity contribution in [3.63, 3.8) is 0 Å². The molecule has 5 rings (SSSR count). The maximum Gasteiger partial charge on any atom is 0.265 e. The molecule has 2 N–H and O–H groups in total. The van der Waals surface area contributed by atoms with Gasteiger partial charge in [0.15, 0.2) is 0 Å². The number of hydrogen-bond donors (Lipinski definition) is 1. The van der Waals surface area contributed by atoms with Crippen LogP contribution >= 0.6 is 11.3 Å². The van der Waals surface area contributed by atoms with Crippen molar-refractivity contribution in [2.45, 2.75) is 49.9 Å². The Labute approximate surface area is 168 Å². The summed E-state index contributed by atoms with van der Waals surface area (Å²) < 4.78 is 12.1. The summed E-state index contributed by atoms with van der Waals surface area (Å²) in [5.74, 6) is 0.960. The molecular weight excluding hydrogens is 374 g/mol. The third kappa shape index (κ3) is 3.21. The van der Waals surface area contributed by atoms with E-state index in [9.17, 15) is 4.79 Å². The van der Waals surface area contributed by atoms with Gasteiger partial charge in [-0.1, -0.05) is 18.2 Å². The van der Waals surface area contributed by atoms with Crippen LogP contribution in [0.15, 0.2) is 30.5 Å². The van der Waals surface area contributed by atoms with Gasteiger partial charge in [0.1, 0.15) is 27.3 Å². The Balaban J connectivity index is 1.25. The summed E-state index contributed by atoms with van der Waals surface area (Å²) in [7, 11) is 0.